The normalized spacial score (nSPS) is 21.1. The first-order valence-electron chi connectivity index (χ1n) is 6.75. The van der Waals surface area contributed by atoms with Gasteiger partial charge in [-0.25, -0.2) is 4.98 Å². The van der Waals surface area contributed by atoms with Crippen LogP contribution in [0.3, 0.4) is 0 Å². The van der Waals surface area contributed by atoms with Gasteiger partial charge in [0, 0.05) is 0 Å². The standard InChI is InChI=1S/C17H14N2O/c1-11-6-2-3-7-12(11)16-17(20-16)15-10-18-13-8-4-5-9-14(13)19-15/h2-10,16-17H,1H3/t16-,17-/m0/s1. The first-order chi connectivity index (χ1) is 9.83. The molecule has 4 rings (SSSR count). The molecule has 1 aromatic heterocycles. The fourth-order valence-electron chi connectivity index (χ4n) is 2.59. The monoisotopic (exact) mass is 262 g/mol. The Balaban J connectivity index is 1.67. The van der Waals surface area contributed by atoms with Crippen LogP contribution < -0.4 is 0 Å². The van der Waals surface area contributed by atoms with E-state index in [0.717, 1.165) is 16.7 Å². The molecular weight excluding hydrogens is 248 g/mol. The average Bonchev–Trinajstić information content (AvgIpc) is 3.27. The number of fused-ring (bicyclic) bond motifs is 1. The fourth-order valence-corrected chi connectivity index (χ4v) is 2.59. The number of benzene rings is 2. The Bertz CT molecular complexity index is 785. The number of para-hydroxylation sites is 2. The lowest BCUT2D eigenvalue weighted by Crippen LogP contribution is -1.93. The van der Waals surface area contributed by atoms with Crippen LogP contribution in [0.2, 0.25) is 0 Å². The lowest BCUT2D eigenvalue weighted by Gasteiger charge is -2.01. The largest absolute Gasteiger partial charge is 0.358 e. The van der Waals surface area contributed by atoms with Crippen molar-refractivity contribution in [2.75, 3.05) is 0 Å². The minimum atomic E-state index is 0.0354. The highest BCUT2D eigenvalue weighted by Crippen LogP contribution is 2.51. The summed E-state index contributed by atoms with van der Waals surface area (Å²) in [6.45, 7) is 2.11. The average molecular weight is 262 g/mol. The van der Waals surface area contributed by atoms with Crippen molar-refractivity contribution in [1.29, 1.82) is 0 Å². The number of rotatable bonds is 2. The van der Waals surface area contributed by atoms with Gasteiger partial charge in [0.1, 0.15) is 12.2 Å². The molecule has 1 fully saturated rings. The Morgan fingerprint density at radius 1 is 0.900 bits per heavy atom. The fraction of sp³-hybridized carbons (Fsp3) is 0.176. The molecule has 2 aromatic carbocycles. The quantitative estimate of drug-likeness (QED) is 0.660. The summed E-state index contributed by atoms with van der Waals surface area (Å²) in [6, 6.07) is 16.2. The van der Waals surface area contributed by atoms with Gasteiger partial charge in [0.05, 0.1) is 22.9 Å². The molecule has 0 spiro atoms. The molecule has 0 bridgehead atoms. The third-order valence-electron chi connectivity index (χ3n) is 3.75. The summed E-state index contributed by atoms with van der Waals surface area (Å²) in [5.41, 5.74) is 5.26. The number of aryl methyl sites for hydroxylation is 1. The maximum atomic E-state index is 5.82. The molecule has 0 aliphatic carbocycles. The van der Waals surface area contributed by atoms with Gasteiger partial charge >= 0.3 is 0 Å². The van der Waals surface area contributed by atoms with Crippen molar-refractivity contribution in [2.24, 2.45) is 0 Å². The van der Waals surface area contributed by atoms with Gasteiger partial charge in [0.15, 0.2) is 0 Å². The smallest absolute Gasteiger partial charge is 0.132 e. The van der Waals surface area contributed by atoms with E-state index in [1.807, 2.05) is 42.6 Å². The third kappa shape index (κ3) is 1.87. The van der Waals surface area contributed by atoms with Gasteiger partial charge < -0.3 is 4.74 Å². The number of epoxide rings is 1. The zero-order valence-corrected chi connectivity index (χ0v) is 11.2. The molecule has 0 N–H and O–H groups in total. The van der Waals surface area contributed by atoms with E-state index in [1.165, 1.54) is 11.1 Å². The second-order valence-corrected chi connectivity index (χ2v) is 5.12. The summed E-state index contributed by atoms with van der Waals surface area (Å²) in [5.74, 6) is 0. The Labute approximate surface area is 117 Å². The second-order valence-electron chi connectivity index (χ2n) is 5.12. The Kier molecular flexibility index (Phi) is 2.54. The van der Waals surface area contributed by atoms with E-state index >= 15 is 0 Å². The zero-order valence-electron chi connectivity index (χ0n) is 11.2. The number of aromatic nitrogens is 2. The molecule has 1 aliphatic heterocycles. The lowest BCUT2D eigenvalue weighted by molar-refractivity contribution is 0.374. The summed E-state index contributed by atoms with van der Waals surface area (Å²) in [7, 11) is 0. The van der Waals surface area contributed by atoms with E-state index in [4.69, 9.17) is 4.74 Å². The van der Waals surface area contributed by atoms with E-state index in [-0.39, 0.29) is 12.2 Å². The van der Waals surface area contributed by atoms with Crippen LogP contribution in [0.15, 0.2) is 54.7 Å². The first-order valence-corrected chi connectivity index (χ1v) is 6.75. The summed E-state index contributed by atoms with van der Waals surface area (Å²) >= 11 is 0. The molecule has 20 heavy (non-hydrogen) atoms. The first kappa shape index (κ1) is 11.6. The van der Waals surface area contributed by atoms with Gasteiger partial charge in [0.2, 0.25) is 0 Å². The summed E-state index contributed by atoms with van der Waals surface area (Å²) in [6.07, 6.45) is 1.98. The van der Waals surface area contributed by atoms with Gasteiger partial charge in [-0.05, 0) is 30.2 Å². The Morgan fingerprint density at radius 2 is 1.65 bits per heavy atom. The summed E-state index contributed by atoms with van der Waals surface area (Å²) < 4.78 is 5.82. The van der Waals surface area contributed by atoms with Crippen LogP contribution in [-0.4, -0.2) is 9.97 Å². The Hall–Kier alpha value is -2.26. The lowest BCUT2D eigenvalue weighted by atomic mass is 10.0. The minimum absolute atomic E-state index is 0.0354. The predicted molar refractivity (Wildman–Crippen MR) is 77.3 cm³/mol. The molecule has 3 aromatic rings. The highest BCUT2D eigenvalue weighted by atomic mass is 16.6. The SMILES string of the molecule is Cc1ccccc1[C@@H]1O[C@H]1c1cnc2ccccc2n1. The minimum Gasteiger partial charge on any atom is -0.358 e. The summed E-state index contributed by atoms with van der Waals surface area (Å²) in [4.78, 5) is 9.11. The van der Waals surface area contributed by atoms with Gasteiger partial charge in [-0.1, -0.05) is 36.4 Å². The molecule has 0 amide bonds. The van der Waals surface area contributed by atoms with Gasteiger partial charge in [-0.3, -0.25) is 4.98 Å². The van der Waals surface area contributed by atoms with E-state index in [2.05, 4.69) is 29.0 Å². The van der Waals surface area contributed by atoms with Crippen molar-refractivity contribution in [3.8, 4) is 0 Å². The van der Waals surface area contributed by atoms with Crippen LogP contribution >= 0.6 is 0 Å². The second kappa shape index (κ2) is 4.39. The van der Waals surface area contributed by atoms with Crippen molar-refractivity contribution >= 4 is 11.0 Å². The molecule has 1 saturated heterocycles. The molecule has 2 heterocycles. The van der Waals surface area contributed by atoms with E-state index in [0.29, 0.717) is 0 Å². The highest BCUT2D eigenvalue weighted by molar-refractivity contribution is 5.73. The molecule has 2 atom stereocenters. The van der Waals surface area contributed by atoms with Crippen LogP contribution in [0.5, 0.6) is 0 Å². The highest BCUT2D eigenvalue weighted by Gasteiger charge is 2.43. The maximum Gasteiger partial charge on any atom is 0.132 e. The summed E-state index contributed by atoms with van der Waals surface area (Å²) in [5, 5.41) is 0. The molecule has 0 radical (unpaired) electrons. The number of ether oxygens (including phenoxy) is 1. The van der Waals surface area contributed by atoms with Crippen LogP contribution in [0, 0.1) is 6.92 Å². The van der Waals surface area contributed by atoms with E-state index in [9.17, 15) is 0 Å². The topological polar surface area (TPSA) is 38.3 Å². The Morgan fingerprint density at radius 3 is 2.50 bits per heavy atom. The number of nitrogens with zero attached hydrogens (tertiary/aromatic N) is 2. The van der Waals surface area contributed by atoms with Crippen molar-refractivity contribution in [1.82, 2.24) is 9.97 Å². The molecular formula is C17H14N2O. The van der Waals surface area contributed by atoms with Crippen LogP contribution in [0.4, 0.5) is 0 Å². The zero-order chi connectivity index (χ0) is 13.5. The van der Waals surface area contributed by atoms with Crippen molar-refractivity contribution in [3.05, 3.63) is 71.5 Å². The molecule has 0 saturated carbocycles. The molecule has 0 unspecified atom stereocenters. The van der Waals surface area contributed by atoms with E-state index < -0.39 is 0 Å². The van der Waals surface area contributed by atoms with E-state index in [1.54, 1.807) is 0 Å². The van der Waals surface area contributed by atoms with Crippen LogP contribution in [0.1, 0.15) is 29.0 Å². The van der Waals surface area contributed by atoms with Crippen molar-refractivity contribution in [3.63, 3.8) is 0 Å². The third-order valence-corrected chi connectivity index (χ3v) is 3.75. The van der Waals surface area contributed by atoms with Crippen molar-refractivity contribution < 1.29 is 4.74 Å². The molecule has 3 nitrogen and oxygen atoms in total. The van der Waals surface area contributed by atoms with Gasteiger partial charge in [-0.15, -0.1) is 0 Å². The number of hydrogen-bond donors (Lipinski definition) is 0. The molecule has 1 aliphatic rings. The predicted octanol–water partition coefficient (Wildman–Crippen LogP) is 3.75. The number of hydrogen-bond acceptors (Lipinski definition) is 3. The van der Waals surface area contributed by atoms with Gasteiger partial charge in [-0.2, -0.15) is 0 Å². The molecule has 3 heteroatoms. The van der Waals surface area contributed by atoms with Crippen LogP contribution in [0.25, 0.3) is 11.0 Å². The van der Waals surface area contributed by atoms with Gasteiger partial charge in [0.25, 0.3) is 0 Å². The van der Waals surface area contributed by atoms with Crippen LogP contribution in [-0.2, 0) is 4.74 Å². The maximum absolute atomic E-state index is 5.82. The molecule has 98 valence electrons. The van der Waals surface area contributed by atoms with Crippen molar-refractivity contribution in [2.45, 2.75) is 19.1 Å².